The molecule has 0 bridgehead atoms. The highest BCUT2D eigenvalue weighted by Gasteiger charge is 2.37. The summed E-state index contributed by atoms with van der Waals surface area (Å²) in [6, 6.07) is 11.3. The van der Waals surface area contributed by atoms with Crippen molar-refractivity contribution < 1.29 is 28.7 Å². The Morgan fingerprint density at radius 3 is 2.51 bits per heavy atom. The van der Waals surface area contributed by atoms with Crippen LogP contribution >= 0.6 is 23.4 Å². The number of nitrogens with zero attached hydrogens (tertiary/aromatic N) is 2. The normalized spacial score (nSPS) is 17.1. The van der Waals surface area contributed by atoms with Gasteiger partial charge < -0.3 is 14.4 Å². The van der Waals surface area contributed by atoms with Gasteiger partial charge in [0.05, 0.1) is 22.6 Å². The monoisotopic (exact) mass is 514 g/mol. The fraction of sp³-hybridized carbons (Fsp3) is 0.280. The molecule has 3 amide bonds. The van der Waals surface area contributed by atoms with Gasteiger partial charge in [-0.3, -0.25) is 19.3 Å². The van der Waals surface area contributed by atoms with Crippen LogP contribution < -0.4 is 9.47 Å². The molecular weight excluding hydrogens is 492 g/mol. The molecule has 2 fully saturated rings. The smallest absolute Gasteiger partial charge is 0.345 e. The summed E-state index contributed by atoms with van der Waals surface area (Å²) in [5, 5.41) is -0.245. The van der Waals surface area contributed by atoms with Crippen molar-refractivity contribution in [1.82, 2.24) is 9.80 Å². The molecule has 0 N–H and O–H groups in total. The molecule has 182 valence electrons. The Labute approximate surface area is 211 Å². The summed E-state index contributed by atoms with van der Waals surface area (Å²) in [6.45, 7) is 1.02. The largest absolute Gasteiger partial charge is 0.493 e. The van der Waals surface area contributed by atoms with Crippen LogP contribution in [0.5, 0.6) is 11.5 Å². The number of imide groups is 1. The highest BCUT2D eigenvalue weighted by molar-refractivity contribution is 8.18. The SMILES string of the molecule is COc1ccc(/C=C2\SC(=O)N(CC(=O)N3CCCCC3)C2=O)cc1OC(=O)c1ccccc1Cl. The number of carbonyl (C=O) groups is 4. The first kappa shape index (κ1) is 24.8. The van der Waals surface area contributed by atoms with Gasteiger partial charge in [0.1, 0.15) is 6.54 Å². The summed E-state index contributed by atoms with van der Waals surface area (Å²) in [6.07, 6.45) is 4.44. The van der Waals surface area contributed by atoms with Gasteiger partial charge >= 0.3 is 5.97 Å². The Hall–Kier alpha value is -3.30. The van der Waals surface area contributed by atoms with Crippen molar-refractivity contribution in [1.29, 1.82) is 0 Å². The fourth-order valence-corrected chi connectivity index (χ4v) is 4.86. The van der Waals surface area contributed by atoms with Crippen molar-refractivity contribution in [2.24, 2.45) is 0 Å². The van der Waals surface area contributed by atoms with Crippen LogP contribution in [0.4, 0.5) is 4.79 Å². The zero-order valence-corrected chi connectivity index (χ0v) is 20.6. The average Bonchev–Trinajstić information content (AvgIpc) is 3.12. The number of ether oxygens (including phenoxy) is 2. The van der Waals surface area contributed by atoms with Crippen molar-refractivity contribution in [2.45, 2.75) is 19.3 Å². The van der Waals surface area contributed by atoms with E-state index in [1.807, 2.05) is 0 Å². The van der Waals surface area contributed by atoms with Crippen molar-refractivity contribution in [2.75, 3.05) is 26.7 Å². The molecule has 0 aliphatic carbocycles. The number of esters is 1. The van der Waals surface area contributed by atoms with E-state index in [9.17, 15) is 19.2 Å². The highest BCUT2D eigenvalue weighted by atomic mass is 35.5. The number of likely N-dealkylation sites (tertiary alicyclic amines) is 1. The van der Waals surface area contributed by atoms with Crippen LogP contribution in [0.2, 0.25) is 5.02 Å². The number of carbonyl (C=O) groups excluding carboxylic acids is 4. The summed E-state index contributed by atoms with van der Waals surface area (Å²) in [5.74, 6) is -0.988. The first-order chi connectivity index (χ1) is 16.9. The van der Waals surface area contributed by atoms with Gasteiger partial charge in [-0.1, -0.05) is 29.8 Å². The van der Waals surface area contributed by atoms with E-state index in [4.69, 9.17) is 21.1 Å². The van der Waals surface area contributed by atoms with Crippen molar-refractivity contribution in [3.05, 3.63) is 63.5 Å². The number of benzene rings is 2. The van der Waals surface area contributed by atoms with Crippen molar-refractivity contribution >= 4 is 52.5 Å². The number of methoxy groups -OCH3 is 1. The average molecular weight is 515 g/mol. The van der Waals surface area contributed by atoms with Crippen molar-refractivity contribution in [3.8, 4) is 11.5 Å². The molecule has 2 aliphatic rings. The molecule has 2 aromatic rings. The Kier molecular flexibility index (Phi) is 7.77. The molecule has 8 nitrogen and oxygen atoms in total. The third-order valence-corrected chi connectivity index (χ3v) is 6.89. The Morgan fingerprint density at radius 1 is 1.06 bits per heavy atom. The molecule has 2 aliphatic heterocycles. The van der Waals surface area contributed by atoms with E-state index in [-0.39, 0.29) is 33.7 Å². The van der Waals surface area contributed by atoms with Crippen LogP contribution in [0.15, 0.2) is 47.4 Å². The third kappa shape index (κ3) is 5.68. The van der Waals surface area contributed by atoms with Crippen LogP contribution in [0.3, 0.4) is 0 Å². The van der Waals surface area contributed by atoms with E-state index >= 15 is 0 Å². The summed E-state index contributed by atoms with van der Waals surface area (Å²) in [5.41, 5.74) is 0.710. The minimum Gasteiger partial charge on any atom is -0.493 e. The molecule has 2 aromatic carbocycles. The van der Waals surface area contributed by atoms with Gasteiger partial charge in [0.25, 0.3) is 11.1 Å². The molecule has 0 unspecified atom stereocenters. The second-order valence-electron chi connectivity index (χ2n) is 7.99. The number of hydrogen-bond acceptors (Lipinski definition) is 7. The standard InChI is InChI=1S/C25H23ClN2O6S/c1-33-19-10-9-16(13-20(19)34-24(31)17-7-3-4-8-18(17)26)14-21-23(30)28(25(32)35-21)15-22(29)27-11-5-2-6-12-27/h3-4,7-10,13-14H,2,5-6,11-12,15H2,1H3/b21-14-. The fourth-order valence-electron chi connectivity index (χ4n) is 3.81. The van der Waals surface area contributed by atoms with Gasteiger partial charge in [0.2, 0.25) is 5.91 Å². The summed E-state index contributed by atoms with van der Waals surface area (Å²) in [7, 11) is 1.44. The van der Waals surface area contributed by atoms with Gasteiger partial charge in [-0.15, -0.1) is 0 Å². The number of halogens is 1. The van der Waals surface area contributed by atoms with E-state index in [2.05, 4.69) is 0 Å². The van der Waals surface area contributed by atoms with Gasteiger partial charge in [-0.2, -0.15) is 0 Å². The molecule has 35 heavy (non-hydrogen) atoms. The highest BCUT2D eigenvalue weighted by Crippen LogP contribution is 2.35. The summed E-state index contributed by atoms with van der Waals surface area (Å²) in [4.78, 5) is 53.3. The molecule has 2 saturated heterocycles. The molecule has 2 heterocycles. The Morgan fingerprint density at radius 2 is 1.80 bits per heavy atom. The van der Waals surface area contributed by atoms with E-state index in [0.717, 1.165) is 35.9 Å². The number of rotatable bonds is 6. The molecule has 0 atom stereocenters. The molecular formula is C25H23ClN2O6S. The predicted octanol–water partition coefficient (Wildman–Crippen LogP) is 4.62. The molecule has 0 spiro atoms. The van der Waals surface area contributed by atoms with Crippen LogP contribution in [-0.4, -0.2) is 59.6 Å². The third-order valence-electron chi connectivity index (χ3n) is 5.66. The van der Waals surface area contributed by atoms with E-state index in [1.54, 1.807) is 41.3 Å². The second kappa shape index (κ2) is 11.0. The van der Waals surface area contributed by atoms with E-state index < -0.39 is 17.1 Å². The zero-order valence-electron chi connectivity index (χ0n) is 19.0. The number of amides is 3. The summed E-state index contributed by atoms with van der Waals surface area (Å²) < 4.78 is 10.8. The maximum Gasteiger partial charge on any atom is 0.345 e. The lowest BCUT2D eigenvalue weighted by Crippen LogP contribution is -2.44. The second-order valence-corrected chi connectivity index (χ2v) is 9.39. The Bertz CT molecular complexity index is 1210. The number of hydrogen-bond donors (Lipinski definition) is 0. The maximum absolute atomic E-state index is 12.9. The number of thioether (sulfide) groups is 1. The summed E-state index contributed by atoms with van der Waals surface area (Å²) >= 11 is 6.85. The molecule has 4 rings (SSSR count). The molecule has 10 heteroatoms. The van der Waals surface area contributed by atoms with Crippen LogP contribution in [0.25, 0.3) is 6.08 Å². The van der Waals surface area contributed by atoms with Gasteiger partial charge in [-0.05, 0) is 66.9 Å². The molecule has 0 radical (unpaired) electrons. The maximum atomic E-state index is 12.9. The predicted molar refractivity (Wildman–Crippen MR) is 133 cm³/mol. The molecule has 0 saturated carbocycles. The lowest BCUT2D eigenvalue weighted by Gasteiger charge is -2.27. The quantitative estimate of drug-likeness (QED) is 0.315. The topological polar surface area (TPSA) is 93.2 Å². The number of piperidine rings is 1. The van der Waals surface area contributed by atoms with Gasteiger partial charge in [-0.25, -0.2) is 4.79 Å². The van der Waals surface area contributed by atoms with Crippen molar-refractivity contribution in [3.63, 3.8) is 0 Å². The Balaban J connectivity index is 1.51. The van der Waals surface area contributed by atoms with Crippen LogP contribution in [0, 0.1) is 0 Å². The van der Waals surface area contributed by atoms with Gasteiger partial charge in [0.15, 0.2) is 11.5 Å². The van der Waals surface area contributed by atoms with Crippen LogP contribution in [-0.2, 0) is 9.59 Å². The molecule has 0 aromatic heterocycles. The van der Waals surface area contributed by atoms with Gasteiger partial charge in [0, 0.05) is 13.1 Å². The zero-order chi connectivity index (χ0) is 24.9. The van der Waals surface area contributed by atoms with Crippen LogP contribution in [0.1, 0.15) is 35.2 Å². The minimum atomic E-state index is -0.664. The van der Waals surface area contributed by atoms with E-state index in [0.29, 0.717) is 24.4 Å². The first-order valence-corrected chi connectivity index (χ1v) is 12.2. The minimum absolute atomic E-state index is 0.130. The first-order valence-electron chi connectivity index (χ1n) is 11.1. The van der Waals surface area contributed by atoms with E-state index in [1.165, 1.54) is 19.3 Å². The lowest BCUT2D eigenvalue weighted by atomic mass is 10.1. The lowest BCUT2D eigenvalue weighted by molar-refractivity contribution is -0.136.